The van der Waals surface area contributed by atoms with Crippen molar-refractivity contribution in [1.29, 1.82) is 0 Å². The van der Waals surface area contributed by atoms with Crippen molar-refractivity contribution >= 4 is 41.6 Å². The third-order valence-corrected chi connectivity index (χ3v) is 6.85. The second kappa shape index (κ2) is 8.54. The number of aliphatic carboxylic acids is 1. The number of benzene rings is 1. The van der Waals surface area contributed by atoms with E-state index in [1.54, 1.807) is 37.3 Å². The zero-order chi connectivity index (χ0) is 23.0. The predicted octanol–water partition coefficient (Wildman–Crippen LogP) is 0.221. The van der Waals surface area contributed by atoms with Crippen molar-refractivity contribution in [2.75, 3.05) is 18.8 Å². The summed E-state index contributed by atoms with van der Waals surface area (Å²) in [5, 5.41) is 16.6. The highest BCUT2D eigenvalue weighted by Crippen LogP contribution is 2.40. The first-order chi connectivity index (χ1) is 15.3. The summed E-state index contributed by atoms with van der Waals surface area (Å²) < 4.78 is 0. The minimum Gasteiger partial charge on any atom is -0.477 e. The SMILES string of the molecule is CC1=C(C(=O)O)N2C(=O)[C@@H](NC(=O)[C@@H](NC(=O)N3CCNC3=O)c3ccccc3)[C@H]2SC1. The predicted molar refractivity (Wildman–Crippen MR) is 113 cm³/mol. The van der Waals surface area contributed by atoms with Crippen LogP contribution in [0.4, 0.5) is 9.59 Å². The molecule has 32 heavy (non-hydrogen) atoms. The maximum absolute atomic E-state index is 13.1. The number of amides is 6. The lowest BCUT2D eigenvalue weighted by Gasteiger charge is -2.49. The monoisotopic (exact) mass is 459 g/mol. The Kier molecular flexibility index (Phi) is 5.78. The molecule has 0 spiro atoms. The van der Waals surface area contributed by atoms with Crippen molar-refractivity contribution in [3.05, 3.63) is 47.2 Å². The lowest BCUT2D eigenvalue weighted by Crippen LogP contribution is -2.71. The highest BCUT2D eigenvalue weighted by molar-refractivity contribution is 8.00. The second-order valence-corrected chi connectivity index (χ2v) is 8.61. The maximum Gasteiger partial charge on any atom is 0.352 e. The summed E-state index contributed by atoms with van der Waals surface area (Å²) in [6, 6.07) is 5.08. The van der Waals surface area contributed by atoms with Crippen LogP contribution < -0.4 is 16.0 Å². The number of imide groups is 1. The molecule has 1 aromatic carbocycles. The Balaban J connectivity index is 1.51. The number of carboxylic acids is 1. The molecule has 0 unspecified atom stereocenters. The van der Waals surface area contributed by atoms with Gasteiger partial charge in [0.2, 0.25) is 5.91 Å². The van der Waals surface area contributed by atoms with Gasteiger partial charge in [-0.1, -0.05) is 30.3 Å². The molecule has 2 saturated heterocycles. The number of thioether (sulfide) groups is 1. The molecule has 4 rings (SSSR count). The van der Waals surface area contributed by atoms with Crippen LogP contribution in [0.5, 0.6) is 0 Å². The van der Waals surface area contributed by atoms with Crippen molar-refractivity contribution in [3.63, 3.8) is 0 Å². The molecule has 0 aliphatic carbocycles. The fourth-order valence-electron chi connectivity index (χ4n) is 3.82. The van der Waals surface area contributed by atoms with Crippen LogP contribution in [0.25, 0.3) is 0 Å². The number of β-lactam (4-membered cyclic amide) rings is 1. The molecule has 6 amide bonds. The molecule has 11 nitrogen and oxygen atoms in total. The van der Waals surface area contributed by atoms with Gasteiger partial charge in [0.15, 0.2) is 0 Å². The fraction of sp³-hybridized carbons (Fsp3) is 0.350. The number of nitrogens with one attached hydrogen (secondary N) is 3. The number of nitrogens with zero attached hydrogens (tertiary/aromatic N) is 2. The Hall–Kier alpha value is -3.54. The van der Waals surface area contributed by atoms with Crippen LogP contribution in [-0.2, 0) is 14.4 Å². The maximum atomic E-state index is 13.1. The molecule has 0 radical (unpaired) electrons. The van der Waals surface area contributed by atoms with E-state index >= 15 is 0 Å². The average Bonchev–Trinajstić information content (AvgIpc) is 3.21. The number of hydrogen-bond acceptors (Lipinski definition) is 6. The zero-order valence-corrected chi connectivity index (χ0v) is 17.8. The Labute approximate surface area is 187 Å². The van der Waals surface area contributed by atoms with E-state index < -0.39 is 47.3 Å². The molecule has 3 atom stereocenters. The van der Waals surface area contributed by atoms with Gasteiger partial charge in [0.1, 0.15) is 23.2 Å². The average molecular weight is 459 g/mol. The summed E-state index contributed by atoms with van der Waals surface area (Å²) in [6.07, 6.45) is 0. The third-order valence-electron chi connectivity index (χ3n) is 5.42. The molecule has 3 aliphatic heterocycles. The second-order valence-electron chi connectivity index (χ2n) is 7.51. The van der Waals surface area contributed by atoms with Crippen molar-refractivity contribution in [2.24, 2.45) is 0 Å². The summed E-state index contributed by atoms with van der Waals surface area (Å²) in [5.41, 5.74) is 0.993. The molecule has 2 fully saturated rings. The smallest absolute Gasteiger partial charge is 0.352 e. The first kappa shape index (κ1) is 21.7. The molecular weight excluding hydrogens is 438 g/mol. The van der Waals surface area contributed by atoms with Gasteiger partial charge in [0, 0.05) is 18.8 Å². The molecule has 0 saturated carbocycles. The standard InChI is InChI=1S/C20H21N5O6S/c1-10-9-32-17-13(16(27)25(17)14(10)18(28)29)22-15(26)12(11-5-3-2-4-6-11)23-20(31)24-8-7-21-19(24)30/h2-6,12-13,17H,7-9H2,1H3,(H,21,30)(H,22,26)(H,23,31)(H,28,29)/t12-,13+,17+/m0/s1. The number of hydrogen-bond donors (Lipinski definition) is 4. The van der Waals surface area contributed by atoms with E-state index in [0.29, 0.717) is 23.4 Å². The van der Waals surface area contributed by atoms with E-state index in [1.165, 1.54) is 16.7 Å². The summed E-state index contributed by atoms with van der Waals surface area (Å²) in [5.74, 6) is -1.93. The van der Waals surface area contributed by atoms with Gasteiger partial charge < -0.3 is 21.1 Å². The first-order valence-corrected chi connectivity index (χ1v) is 10.9. The lowest BCUT2D eigenvalue weighted by molar-refractivity contribution is -0.151. The molecule has 3 aliphatic rings. The molecule has 168 valence electrons. The van der Waals surface area contributed by atoms with Crippen LogP contribution in [0.15, 0.2) is 41.6 Å². The molecule has 1 aromatic rings. The van der Waals surface area contributed by atoms with E-state index in [0.717, 1.165) is 4.90 Å². The summed E-state index contributed by atoms with van der Waals surface area (Å²) >= 11 is 1.36. The number of carbonyl (C=O) groups excluding carboxylic acids is 4. The Bertz CT molecular complexity index is 1030. The van der Waals surface area contributed by atoms with Gasteiger partial charge in [0.25, 0.3) is 5.91 Å². The molecule has 12 heteroatoms. The van der Waals surface area contributed by atoms with E-state index in [-0.39, 0.29) is 12.2 Å². The lowest BCUT2D eigenvalue weighted by atomic mass is 10.0. The Morgan fingerprint density at radius 1 is 1.22 bits per heavy atom. The summed E-state index contributed by atoms with van der Waals surface area (Å²) in [7, 11) is 0. The van der Waals surface area contributed by atoms with Crippen LogP contribution in [0.3, 0.4) is 0 Å². The number of rotatable bonds is 5. The van der Waals surface area contributed by atoms with Crippen LogP contribution in [0.1, 0.15) is 18.5 Å². The molecule has 0 aromatic heterocycles. The fourth-order valence-corrected chi connectivity index (χ4v) is 5.12. The highest BCUT2D eigenvalue weighted by Gasteiger charge is 2.54. The number of urea groups is 2. The van der Waals surface area contributed by atoms with E-state index in [1.807, 2.05) is 0 Å². The van der Waals surface area contributed by atoms with E-state index in [4.69, 9.17) is 0 Å². The molecular formula is C20H21N5O6S. The summed E-state index contributed by atoms with van der Waals surface area (Å²) in [6.45, 7) is 2.15. The van der Waals surface area contributed by atoms with E-state index in [9.17, 15) is 29.1 Å². The third kappa shape index (κ3) is 3.77. The quantitative estimate of drug-likeness (QED) is 0.461. The van der Waals surface area contributed by atoms with Gasteiger partial charge in [-0.05, 0) is 18.1 Å². The summed E-state index contributed by atoms with van der Waals surface area (Å²) in [4.78, 5) is 63.9. The van der Waals surface area contributed by atoms with Gasteiger partial charge in [-0.3, -0.25) is 14.5 Å². The largest absolute Gasteiger partial charge is 0.477 e. The zero-order valence-electron chi connectivity index (χ0n) is 17.0. The van der Waals surface area contributed by atoms with Crippen molar-refractivity contribution < 1.29 is 29.1 Å². The molecule has 3 heterocycles. The highest BCUT2D eigenvalue weighted by atomic mass is 32.2. The first-order valence-electron chi connectivity index (χ1n) is 9.88. The number of carbonyl (C=O) groups is 5. The van der Waals surface area contributed by atoms with Crippen molar-refractivity contribution in [3.8, 4) is 0 Å². The van der Waals surface area contributed by atoms with Gasteiger partial charge in [-0.25, -0.2) is 19.3 Å². The minimum atomic E-state index is -1.19. The minimum absolute atomic E-state index is 0.0581. The molecule has 4 N–H and O–H groups in total. The van der Waals surface area contributed by atoms with Crippen LogP contribution >= 0.6 is 11.8 Å². The van der Waals surface area contributed by atoms with E-state index in [2.05, 4.69) is 16.0 Å². The van der Waals surface area contributed by atoms with Crippen LogP contribution in [0, 0.1) is 0 Å². The van der Waals surface area contributed by atoms with Gasteiger partial charge >= 0.3 is 18.0 Å². The van der Waals surface area contributed by atoms with Gasteiger partial charge in [0.05, 0.1) is 0 Å². The Morgan fingerprint density at radius 2 is 1.94 bits per heavy atom. The van der Waals surface area contributed by atoms with Crippen molar-refractivity contribution in [2.45, 2.75) is 24.4 Å². The van der Waals surface area contributed by atoms with Crippen molar-refractivity contribution in [1.82, 2.24) is 25.8 Å². The van der Waals surface area contributed by atoms with Crippen LogP contribution in [-0.4, -0.2) is 75.0 Å². The normalized spacial score (nSPS) is 23.2. The van der Waals surface area contributed by atoms with Crippen LogP contribution in [0.2, 0.25) is 0 Å². The molecule has 0 bridgehead atoms. The van der Waals surface area contributed by atoms with Gasteiger partial charge in [-0.2, -0.15) is 0 Å². The number of carboxylic acid groups (broad SMARTS) is 1. The topological polar surface area (TPSA) is 148 Å². The van der Waals surface area contributed by atoms with Gasteiger partial charge in [-0.15, -0.1) is 11.8 Å². The Morgan fingerprint density at radius 3 is 2.56 bits per heavy atom. The number of fused-ring (bicyclic) bond motifs is 1.